The van der Waals surface area contributed by atoms with Crippen molar-refractivity contribution in [2.24, 2.45) is 0 Å². The first kappa shape index (κ1) is 20.9. The van der Waals surface area contributed by atoms with Gasteiger partial charge in [0.15, 0.2) is 0 Å². The van der Waals surface area contributed by atoms with E-state index < -0.39 is 5.60 Å². The fourth-order valence-corrected chi connectivity index (χ4v) is 4.69. The average Bonchev–Trinajstić information content (AvgIpc) is 3.08. The molecule has 30 heavy (non-hydrogen) atoms. The maximum absolute atomic E-state index is 12.3. The molecule has 4 rings (SSSR count). The number of aromatic nitrogens is 2. The lowest BCUT2D eigenvalue weighted by Gasteiger charge is -2.23. The SMILES string of the molecule is CC(C)c1c(-c2ccc(=O)n(CC(C)(C)O)c2)[nH]c2ccc(C3CCNCC3)cc12. The Morgan fingerprint density at radius 1 is 1.17 bits per heavy atom. The second kappa shape index (κ2) is 8.05. The molecule has 0 unspecified atom stereocenters. The Hall–Kier alpha value is -2.37. The molecule has 1 aliphatic rings. The first-order valence-electron chi connectivity index (χ1n) is 11.0. The maximum atomic E-state index is 12.3. The van der Waals surface area contributed by atoms with Crippen LogP contribution in [-0.2, 0) is 6.54 Å². The quantitative estimate of drug-likeness (QED) is 0.589. The Morgan fingerprint density at radius 3 is 2.57 bits per heavy atom. The molecule has 0 saturated carbocycles. The van der Waals surface area contributed by atoms with Crippen LogP contribution in [0, 0.1) is 0 Å². The van der Waals surface area contributed by atoms with Gasteiger partial charge in [0.05, 0.1) is 17.8 Å². The summed E-state index contributed by atoms with van der Waals surface area (Å²) in [7, 11) is 0. The molecule has 0 spiro atoms. The second-order valence-electron chi connectivity index (χ2n) is 9.59. The summed E-state index contributed by atoms with van der Waals surface area (Å²) in [6.07, 6.45) is 4.23. The Kier molecular flexibility index (Phi) is 5.60. The van der Waals surface area contributed by atoms with Crippen molar-refractivity contribution in [1.82, 2.24) is 14.9 Å². The molecule has 5 nitrogen and oxygen atoms in total. The van der Waals surface area contributed by atoms with Crippen molar-refractivity contribution in [3.8, 4) is 11.3 Å². The number of aliphatic hydroxyl groups is 1. The molecular weight excluding hydrogens is 374 g/mol. The summed E-state index contributed by atoms with van der Waals surface area (Å²) < 4.78 is 1.60. The molecule has 3 N–H and O–H groups in total. The summed E-state index contributed by atoms with van der Waals surface area (Å²) in [4.78, 5) is 15.9. The largest absolute Gasteiger partial charge is 0.389 e. The molecule has 0 aliphatic carbocycles. The Bertz CT molecular complexity index is 1100. The van der Waals surface area contributed by atoms with Crippen LogP contribution in [-0.4, -0.2) is 33.3 Å². The van der Waals surface area contributed by atoms with Crippen LogP contribution in [0.15, 0.2) is 41.3 Å². The molecule has 3 aromatic rings. The Balaban J connectivity index is 1.82. The van der Waals surface area contributed by atoms with Gasteiger partial charge in [0.25, 0.3) is 5.56 Å². The molecule has 0 radical (unpaired) electrons. The molecule has 0 amide bonds. The molecule has 1 fully saturated rings. The number of pyridine rings is 1. The fraction of sp³-hybridized carbons (Fsp3) is 0.480. The van der Waals surface area contributed by atoms with Crippen LogP contribution < -0.4 is 10.9 Å². The highest BCUT2D eigenvalue weighted by molar-refractivity contribution is 5.91. The first-order chi connectivity index (χ1) is 14.2. The minimum Gasteiger partial charge on any atom is -0.389 e. The monoisotopic (exact) mass is 407 g/mol. The first-order valence-corrected chi connectivity index (χ1v) is 11.0. The number of H-pyrrole nitrogens is 1. The number of nitrogens with zero attached hydrogens (tertiary/aromatic N) is 1. The topological polar surface area (TPSA) is 70.0 Å². The number of hydrogen-bond acceptors (Lipinski definition) is 3. The minimum atomic E-state index is -0.951. The summed E-state index contributed by atoms with van der Waals surface area (Å²) >= 11 is 0. The zero-order valence-corrected chi connectivity index (χ0v) is 18.5. The zero-order valence-electron chi connectivity index (χ0n) is 18.5. The highest BCUT2D eigenvalue weighted by Gasteiger charge is 2.21. The lowest BCUT2D eigenvalue weighted by Crippen LogP contribution is -2.32. The van der Waals surface area contributed by atoms with Crippen LogP contribution in [0.2, 0.25) is 0 Å². The van der Waals surface area contributed by atoms with E-state index in [1.54, 1.807) is 24.5 Å². The molecule has 3 heterocycles. The highest BCUT2D eigenvalue weighted by Crippen LogP contribution is 2.37. The molecule has 0 bridgehead atoms. The van der Waals surface area contributed by atoms with Crippen molar-refractivity contribution in [1.29, 1.82) is 0 Å². The van der Waals surface area contributed by atoms with Gasteiger partial charge in [-0.3, -0.25) is 4.79 Å². The Morgan fingerprint density at radius 2 is 1.90 bits per heavy atom. The molecule has 2 aromatic heterocycles. The molecule has 0 atom stereocenters. The van der Waals surface area contributed by atoms with Crippen molar-refractivity contribution in [3.63, 3.8) is 0 Å². The van der Waals surface area contributed by atoms with Gasteiger partial charge >= 0.3 is 0 Å². The van der Waals surface area contributed by atoms with Crippen molar-refractivity contribution >= 4 is 10.9 Å². The number of nitrogens with one attached hydrogen (secondary N) is 2. The van der Waals surface area contributed by atoms with E-state index in [4.69, 9.17) is 0 Å². The van der Waals surface area contributed by atoms with Crippen molar-refractivity contribution in [3.05, 3.63) is 58.0 Å². The van der Waals surface area contributed by atoms with E-state index in [0.29, 0.717) is 11.8 Å². The second-order valence-corrected chi connectivity index (χ2v) is 9.59. The van der Waals surface area contributed by atoms with Gasteiger partial charge < -0.3 is 20.0 Å². The molecule has 1 aliphatic heterocycles. The van der Waals surface area contributed by atoms with Crippen LogP contribution in [0.25, 0.3) is 22.2 Å². The van der Waals surface area contributed by atoms with E-state index >= 15 is 0 Å². The summed E-state index contributed by atoms with van der Waals surface area (Å²) in [5.74, 6) is 0.953. The van der Waals surface area contributed by atoms with Gasteiger partial charge in [0.2, 0.25) is 0 Å². The van der Waals surface area contributed by atoms with Crippen LogP contribution >= 0.6 is 0 Å². The minimum absolute atomic E-state index is 0.101. The lowest BCUT2D eigenvalue weighted by molar-refractivity contribution is 0.0605. The van der Waals surface area contributed by atoms with Gasteiger partial charge in [-0.05, 0) is 80.9 Å². The van der Waals surface area contributed by atoms with Gasteiger partial charge in [-0.15, -0.1) is 0 Å². The van der Waals surface area contributed by atoms with Crippen LogP contribution in [0.1, 0.15) is 63.5 Å². The van der Waals surface area contributed by atoms with Gasteiger partial charge in [0, 0.05) is 28.7 Å². The van der Waals surface area contributed by atoms with Crippen molar-refractivity contribution in [2.45, 2.75) is 64.5 Å². The van der Waals surface area contributed by atoms with Crippen molar-refractivity contribution in [2.75, 3.05) is 13.1 Å². The third-order valence-electron chi connectivity index (χ3n) is 6.08. The number of piperidine rings is 1. The molecule has 1 saturated heterocycles. The molecule has 5 heteroatoms. The van der Waals surface area contributed by atoms with Gasteiger partial charge in [-0.2, -0.15) is 0 Å². The summed E-state index contributed by atoms with van der Waals surface area (Å²) in [5.41, 5.74) is 4.82. The average molecular weight is 408 g/mol. The standard InChI is InChI=1S/C25H33N3O2/c1-16(2)23-20-13-18(17-9-11-26-12-10-17)5-7-21(20)27-24(23)19-6-8-22(29)28(14-19)15-25(3,4)30/h5-8,13-14,16-17,26-27,30H,9-12,15H2,1-4H3. The van der Waals surface area contributed by atoms with E-state index in [2.05, 4.69) is 42.3 Å². The lowest BCUT2D eigenvalue weighted by atomic mass is 9.88. The summed E-state index contributed by atoms with van der Waals surface area (Å²) in [5, 5.41) is 14.9. The van der Waals surface area contributed by atoms with E-state index in [1.807, 2.05) is 12.3 Å². The predicted octanol–water partition coefficient (Wildman–Crippen LogP) is 4.36. The van der Waals surface area contributed by atoms with Crippen molar-refractivity contribution < 1.29 is 5.11 Å². The van der Waals surface area contributed by atoms with E-state index in [9.17, 15) is 9.90 Å². The van der Waals surface area contributed by atoms with E-state index in [0.717, 1.165) is 29.9 Å². The van der Waals surface area contributed by atoms with Crippen LogP contribution in [0.5, 0.6) is 0 Å². The van der Waals surface area contributed by atoms with Gasteiger partial charge in [0.1, 0.15) is 0 Å². The number of benzene rings is 1. The van der Waals surface area contributed by atoms with Crippen LogP contribution in [0.4, 0.5) is 0 Å². The number of hydrogen-bond donors (Lipinski definition) is 3. The third-order valence-corrected chi connectivity index (χ3v) is 6.08. The molecular formula is C25H33N3O2. The van der Waals surface area contributed by atoms with E-state index in [1.165, 1.54) is 29.4 Å². The summed E-state index contributed by atoms with van der Waals surface area (Å²) in [6.45, 7) is 10.3. The van der Waals surface area contributed by atoms with Crippen LogP contribution in [0.3, 0.4) is 0 Å². The smallest absolute Gasteiger partial charge is 0.250 e. The van der Waals surface area contributed by atoms with Gasteiger partial charge in [-0.1, -0.05) is 19.9 Å². The highest BCUT2D eigenvalue weighted by atomic mass is 16.3. The maximum Gasteiger partial charge on any atom is 0.250 e. The predicted molar refractivity (Wildman–Crippen MR) is 123 cm³/mol. The zero-order chi connectivity index (χ0) is 21.5. The number of aromatic amines is 1. The molecule has 160 valence electrons. The normalized spacial score (nSPS) is 15.9. The fourth-order valence-electron chi connectivity index (χ4n) is 4.69. The summed E-state index contributed by atoms with van der Waals surface area (Å²) in [6, 6.07) is 10.3. The molecule has 1 aromatic carbocycles. The number of fused-ring (bicyclic) bond motifs is 1. The third kappa shape index (κ3) is 4.23. The number of rotatable bonds is 5. The van der Waals surface area contributed by atoms with Gasteiger partial charge in [-0.25, -0.2) is 0 Å². The Labute approximate surface area is 178 Å². The van der Waals surface area contributed by atoms with E-state index in [-0.39, 0.29) is 12.1 Å².